The van der Waals surface area contributed by atoms with Gasteiger partial charge in [-0.25, -0.2) is 0 Å². The van der Waals surface area contributed by atoms with Gasteiger partial charge < -0.3 is 16.0 Å². The van der Waals surface area contributed by atoms with Crippen LogP contribution in [0.4, 0.5) is 0 Å². The van der Waals surface area contributed by atoms with Gasteiger partial charge >= 0.3 is 0 Å². The van der Waals surface area contributed by atoms with E-state index in [1.165, 1.54) is 0 Å². The third-order valence-electron chi connectivity index (χ3n) is 2.72. The first-order valence-corrected chi connectivity index (χ1v) is 5.78. The molecule has 0 bridgehead atoms. The average Bonchev–Trinajstić information content (AvgIpc) is 2.72. The van der Waals surface area contributed by atoms with Gasteiger partial charge in [-0.3, -0.25) is 4.79 Å². The van der Waals surface area contributed by atoms with E-state index in [9.17, 15) is 4.79 Å². The molecule has 1 atom stereocenters. The van der Waals surface area contributed by atoms with Gasteiger partial charge in [0.05, 0.1) is 5.56 Å². The third kappa shape index (κ3) is 2.65. The molecule has 0 spiro atoms. The first-order chi connectivity index (χ1) is 8.18. The summed E-state index contributed by atoms with van der Waals surface area (Å²) in [6, 6.07) is 7.87. The number of rotatable bonds is 4. The first-order valence-electron chi connectivity index (χ1n) is 5.78. The molecule has 0 radical (unpaired) electrons. The lowest BCUT2D eigenvalue weighted by Crippen LogP contribution is -2.28. The maximum absolute atomic E-state index is 11.9. The van der Waals surface area contributed by atoms with Gasteiger partial charge in [-0.05, 0) is 19.4 Å². The second-order valence-electron chi connectivity index (χ2n) is 4.27. The molecule has 0 saturated carbocycles. The molecule has 17 heavy (non-hydrogen) atoms. The van der Waals surface area contributed by atoms with Crippen molar-refractivity contribution >= 4 is 16.8 Å². The Morgan fingerprint density at radius 1 is 1.47 bits per heavy atom. The number of aromatic nitrogens is 1. The predicted molar refractivity (Wildman–Crippen MR) is 68.9 cm³/mol. The Hall–Kier alpha value is -1.81. The number of para-hydroxylation sites is 1. The number of benzene rings is 1. The zero-order valence-corrected chi connectivity index (χ0v) is 9.86. The predicted octanol–water partition coefficient (Wildman–Crippen LogP) is 1.63. The van der Waals surface area contributed by atoms with Gasteiger partial charge in [-0.1, -0.05) is 18.2 Å². The molecule has 0 aliphatic heterocycles. The molecular weight excluding hydrogens is 214 g/mol. The number of hydrogen-bond acceptors (Lipinski definition) is 2. The van der Waals surface area contributed by atoms with Crippen LogP contribution in [0.3, 0.4) is 0 Å². The summed E-state index contributed by atoms with van der Waals surface area (Å²) in [5, 5.41) is 3.82. The van der Waals surface area contributed by atoms with E-state index in [1.807, 2.05) is 31.2 Å². The van der Waals surface area contributed by atoms with Gasteiger partial charge in [0.1, 0.15) is 0 Å². The van der Waals surface area contributed by atoms with E-state index in [4.69, 9.17) is 5.73 Å². The van der Waals surface area contributed by atoms with Gasteiger partial charge in [-0.15, -0.1) is 0 Å². The summed E-state index contributed by atoms with van der Waals surface area (Å²) in [5.74, 6) is -0.0527. The zero-order chi connectivity index (χ0) is 12.3. The lowest BCUT2D eigenvalue weighted by Gasteiger charge is -2.06. The Bertz CT molecular complexity index is 516. The second kappa shape index (κ2) is 5.01. The number of aromatic amines is 1. The number of H-pyrrole nitrogens is 1. The Kier molecular flexibility index (Phi) is 3.44. The summed E-state index contributed by atoms with van der Waals surface area (Å²) in [4.78, 5) is 15.0. The fourth-order valence-electron chi connectivity index (χ4n) is 1.77. The molecule has 2 aromatic rings. The van der Waals surface area contributed by atoms with E-state index in [0.29, 0.717) is 12.1 Å². The molecule has 4 N–H and O–H groups in total. The normalized spacial score (nSPS) is 12.6. The number of amides is 1. The molecule has 2 rings (SSSR count). The molecule has 0 aliphatic rings. The van der Waals surface area contributed by atoms with Crippen LogP contribution in [-0.4, -0.2) is 23.5 Å². The molecule has 90 valence electrons. The van der Waals surface area contributed by atoms with E-state index in [-0.39, 0.29) is 11.9 Å². The molecule has 1 aromatic carbocycles. The second-order valence-corrected chi connectivity index (χ2v) is 4.27. The standard InChI is InChI=1S/C13H17N3O/c1-9(14)6-7-15-13(17)11-8-16-12-5-3-2-4-10(11)12/h2-5,8-9,16H,6-7,14H2,1H3,(H,15,17). The number of fused-ring (bicyclic) bond motifs is 1. The highest BCUT2D eigenvalue weighted by Crippen LogP contribution is 2.17. The van der Waals surface area contributed by atoms with Crippen LogP contribution in [0.1, 0.15) is 23.7 Å². The molecule has 1 amide bonds. The van der Waals surface area contributed by atoms with E-state index in [1.54, 1.807) is 6.20 Å². The number of hydrogen-bond donors (Lipinski definition) is 3. The fourth-order valence-corrected chi connectivity index (χ4v) is 1.77. The monoisotopic (exact) mass is 231 g/mol. The molecule has 0 saturated heterocycles. The van der Waals surface area contributed by atoms with Crippen molar-refractivity contribution in [2.45, 2.75) is 19.4 Å². The maximum atomic E-state index is 11.9. The minimum atomic E-state index is -0.0527. The molecule has 1 unspecified atom stereocenters. The van der Waals surface area contributed by atoms with Crippen molar-refractivity contribution in [1.29, 1.82) is 0 Å². The summed E-state index contributed by atoms with van der Waals surface area (Å²) in [6.45, 7) is 2.54. The van der Waals surface area contributed by atoms with Crippen molar-refractivity contribution in [2.24, 2.45) is 5.73 Å². The minimum Gasteiger partial charge on any atom is -0.360 e. The van der Waals surface area contributed by atoms with Crippen molar-refractivity contribution in [3.8, 4) is 0 Å². The highest BCUT2D eigenvalue weighted by molar-refractivity contribution is 6.06. The SMILES string of the molecule is CC(N)CCNC(=O)c1c[nH]c2ccccc12. The Morgan fingerprint density at radius 2 is 2.24 bits per heavy atom. The summed E-state index contributed by atoms with van der Waals surface area (Å²) in [6.07, 6.45) is 2.53. The lowest BCUT2D eigenvalue weighted by molar-refractivity contribution is 0.0954. The average molecular weight is 231 g/mol. The van der Waals surface area contributed by atoms with Crippen LogP contribution in [0, 0.1) is 0 Å². The smallest absolute Gasteiger partial charge is 0.253 e. The van der Waals surface area contributed by atoms with Crippen LogP contribution >= 0.6 is 0 Å². The van der Waals surface area contributed by atoms with Crippen LogP contribution in [0.15, 0.2) is 30.5 Å². The molecule has 0 fully saturated rings. The largest absolute Gasteiger partial charge is 0.360 e. The van der Waals surface area contributed by atoms with Gasteiger partial charge in [0.25, 0.3) is 5.91 Å². The van der Waals surface area contributed by atoms with Crippen molar-refractivity contribution in [3.63, 3.8) is 0 Å². The lowest BCUT2D eigenvalue weighted by atomic mass is 10.1. The summed E-state index contributed by atoms with van der Waals surface area (Å²) in [5.41, 5.74) is 7.29. The Labute approximate surface area is 100 Å². The molecule has 1 aromatic heterocycles. The van der Waals surface area contributed by atoms with E-state index >= 15 is 0 Å². The Balaban J connectivity index is 2.09. The molecule has 0 aliphatic carbocycles. The van der Waals surface area contributed by atoms with E-state index in [2.05, 4.69) is 10.3 Å². The topological polar surface area (TPSA) is 70.9 Å². The van der Waals surface area contributed by atoms with Crippen molar-refractivity contribution in [2.75, 3.05) is 6.54 Å². The van der Waals surface area contributed by atoms with E-state index < -0.39 is 0 Å². The van der Waals surface area contributed by atoms with Crippen LogP contribution in [0.5, 0.6) is 0 Å². The number of carbonyl (C=O) groups excluding carboxylic acids is 1. The van der Waals surface area contributed by atoms with Gasteiger partial charge in [0.15, 0.2) is 0 Å². The van der Waals surface area contributed by atoms with Crippen LogP contribution in [0.25, 0.3) is 10.9 Å². The molecule has 4 heteroatoms. The quantitative estimate of drug-likeness (QED) is 0.748. The fraction of sp³-hybridized carbons (Fsp3) is 0.308. The highest BCUT2D eigenvalue weighted by Gasteiger charge is 2.10. The first kappa shape index (κ1) is 11.7. The third-order valence-corrected chi connectivity index (χ3v) is 2.72. The van der Waals surface area contributed by atoms with Crippen LogP contribution in [-0.2, 0) is 0 Å². The van der Waals surface area contributed by atoms with Crippen molar-refractivity contribution < 1.29 is 4.79 Å². The number of nitrogens with one attached hydrogen (secondary N) is 2. The zero-order valence-electron chi connectivity index (χ0n) is 9.86. The van der Waals surface area contributed by atoms with Gasteiger partial charge in [0.2, 0.25) is 0 Å². The molecular formula is C13H17N3O. The number of nitrogens with two attached hydrogens (primary N) is 1. The summed E-state index contributed by atoms with van der Waals surface area (Å²) < 4.78 is 0. The summed E-state index contributed by atoms with van der Waals surface area (Å²) >= 11 is 0. The summed E-state index contributed by atoms with van der Waals surface area (Å²) in [7, 11) is 0. The van der Waals surface area contributed by atoms with Crippen molar-refractivity contribution in [1.82, 2.24) is 10.3 Å². The molecule has 4 nitrogen and oxygen atoms in total. The Morgan fingerprint density at radius 3 is 3.00 bits per heavy atom. The van der Waals surface area contributed by atoms with Gasteiger partial charge in [0, 0.05) is 29.7 Å². The highest BCUT2D eigenvalue weighted by atomic mass is 16.1. The van der Waals surface area contributed by atoms with Crippen molar-refractivity contribution in [3.05, 3.63) is 36.0 Å². The van der Waals surface area contributed by atoms with Gasteiger partial charge in [-0.2, -0.15) is 0 Å². The molecule has 1 heterocycles. The van der Waals surface area contributed by atoms with Crippen LogP contribution in [0.2, 0.25) is 0 Å². The van der Waals surface area contributed by atoms with E-state index in [0.717, 1.165) is 17.3 Å². The number of carbonyl (C=O) groups is 1. The maximum Gasteiger partial charge on any atom is 0.253 e. The minimum absolute atomic E-state index is 0.0527. The van der Waals surface area contributed by atoms with Crippen LogP contribution < -0.4 is 11.1 Å².